The van der Waals surface area contributed by atoms with E-state index in [4.69, 9.17) is 4.74 Å². The Balaban J connectivity index is 1.08. The summed E-state index contributed by atoms with van der Waals surface area (Å²) in [5, 5.41) is 3.15. The van der Waals surface area contributed by atoms with Crippen LogP contribution < -0.4 is 19.9 Å². The Morgan fingerprint density at radius 3 is 2.87 bits per heavy atom. The fraction of sp³-hybridized carbons (Fsp3) is 0.429. The van der Waals surface area contributed by atoms with Crippen LogP contribution in [0.15, 0.2) is 36.0 Å². The maximum Gasteiger partial charge on any atom is 0.227 e. The van der Waals surface area contributed by atoms with Gasteiger partial charge in [0.25, 0.3) is 0 Å². The summed E-state index contributed by atoms with van der Waals surface area (Å²) >= 11 is 1.61. The molecule has 156 valence electrons. The van der Waals surface area contributed by atoms with Crippen LogP contribution >= 0.6 is 11.3 Å². The lowest BCUT2D eigenvalue weighted by Crippen LogP contribution is -2.61. The molecule has 0 bridgehead atoms. The molecular formula is C21H24N6O2S. The van der Waals surface area contributed by atoms with Gasteiger partial charge in [0.1, 0.15) is 23.2 Å². The number of aromatic nitrogens is 3. The lowest BCUT2D eigenvalue weighted by Gasteiger charge is -2.41. The Kier molecular flexibility index (Phi) is 4.90. The molecule has 5 rings (SSSR count). The average Bonchev–Trinajstić information content (AvgIpc) is 3.16. The zero-order chi connectivity index (χ0) is 20.7. The molecule has 30 heavy (non-hydrogen) atoms. The molecule has 1 saturated carbocycles. The maximum atomic E-state index is 12.6. The van der Waals surface area contributed by atoms with Gasteiger partial charge in [0.15, 0.2) is 0 Å². The summed E-state index contributed by atoms with van der Waals surface area (Å²) in [6, 6.07) is 8.01. The number of nitrogens with one attached hydrogen (secondary N) is 1. The molecule has 1 saturated heterocycles. The van der Waals surface area contributed by atoms with Crippen molar-refractivity contribution >= 4 is 39.2 Å². The Morgan fingerprint density at radius 2 is 2.07 bits per heavy atom. The second-order valence-corrected chi connectivity index (χ2v) is 8.97. The van der Waals surface area contributed by atoms with Crippen molar-refractivity contribution in [3.05, 3.63) is 36.0 Å². The molecule has 0 radical (unpaired) electrons. The van der Waals surface area contributed by atoms with Gasteiger partial charge >= 0.3 is 0 Å². The van der Waals surface area contributed by atoms with E-state index in [-0.39, 0.29) is 24.0 Å². The number of benzene rings is 1. The van der Waals surface area contributed by atoms with Crippen molar-refractivity contribution in [1.82, 2.24) is 20.3 Å². The Morgan fingerprint density at radius 1 is 1.23 bits per heavy atom. The highest BCUT2D eigenvalue weighted by atomic mass is 32.1. The standard InChI is InChI=1S/C21H24N6O2S/c1-26(2)18-6-7-22-21(25-18)27-10-14(11-27)24-20(28)13-8-15(9-13)29-16-4-3-5-17-19(16)23-12-30-17/h3-7,12-15H,8-11H2,1-2H3,(H,24,28)/t13-,15-. The molecule has 0 spiro atoms. The van der Waals surface area contributed by atoms with Crippen LogP contribution in [0, 0.1) is 5.92 Å². The number of carbonyl (C=O) groups excluding carboxylic acids is 1. The number of amides is 1. The van der Waals surface area contributed by atoms with Crippen molar-refractivity contribution in [3.63, 3.8) is 0 Å². The maximum absolute atomic E-state index is 12.6. The molecule has 2 aliphatic rings. The summed E-state index contributed by atoms with van der Waals surface area (Å²) in [5.41, 5.74) is 2.74. The molecule has 1 aliphatic heterocycles. The van der Waals surface area contributed by atoms with Crippen molar-refractivity contribution in [1.29, 1.82) is 0 Å². The van der Waals surface area contributed by atoms with E-state index in [9.17, 15) is 4.79 Å². The number of carbonyl (C=O) groups is 1. The summed E-state index contributed by atoms with van der Waals surface area (Å²) < 4.78 is 7.21. The third kappa shape index (κ3) is 3.65. The van der Waals surface area contributed by atoms with Gasteiger partial charge in [-0.15, -0.1) is 11.3 Å². The lowest BCUT2D eigenvalue weighted by molar-refractivity contribution is -0.131. The summed E-state index contributed by atoms with van der Waals surface area (Å²) in [7, 11) is 3.91. The van der Waals surface area contributed by atoms with Crippen molar-refractivity contribution in [3.8, 4) is 5.75 Å². The Labute approximate surface area is 178 Å². The van der Waals surface area contributed by atoms with Crippen molar-refractivity contribution in [2.24, 2.45) is 5.92 Å². The van der Waals surface area contributed by atoms with Gasteiger partial charge in [0.2, 0.25) is 11.9 Å². The SMILES string of the molecule is CN(C)c1ccnc(N2CC(NC(=O)[C@H]3C[C@H](Oc4cccc5scnc45)C3)C2)n1. The Hall–Kier alpha value is -2.94. The number of para-hydroxylation sites is 1. The van der Waals surface area contributed by atoms with E-state index in [2.05, 4.69) is 25.2 Å². The van der Waals surface area contributed by atoms with Crippen LogP contribution in [0.1, 0.15) is 12.8 Å². The van der Waals surface area contributed by atoms with E-state index in [0.29, 0.717) is 5.95 Å². The molecule has 0 atom stereocenters. The van der Waals surface area contributed by atoms with E-state index in [1.807, 2.05) is 48.8 Å². The number of ether oxygens (including phenoxy) is 1. The number of hydrogen-bond donors (Lipinski definition) is 1. The van der Waals surface area contributed by atoms with E-state index in [0.717, 1.165) is 47.7 Å². The fourth-order valence-corrected chi connectivity index (χ4v) is 4.50. The van der Waals surface area contributed by atoms with Crippen molar-refractivity contribution in [2.75, 3.05) is 37.0 Å². The number of anilines is 2. The lowest BCUT2D eigenvalue weighted by atomic mass is 9.81. The average molecular weight is 425 g/mol. The van der Waals surface area contributed by atoms with Crippen LogP contribution in [-0.2, 0) is 4.79 Å². The third-order valence-corrected chi connectivity index (χ3v) is 6.47. The van der Waals surface area contributed by atoms with Crippen molar-refractivity contribution < 1.29 is 9.53 Å². The first-order chi connectivity index (χ1) is 14.6. The smallest absolute Gasteiger partial charge is 0.227 e. The summed E-state index contributed by atoms with van der Waals surface area (Å²) in [5.74, 6) is 2.54. The first kappa shape index (κ1) is 19.0. The molecule has 3 aromatic rings. The summed E-state index contributed by atoms with van der Waals surface area (Å²) in [4.78, 5) is 29.9. The number of fused-ring (bicyclic) bond motifs is 1. The normalized spacial score (nSPS) is 21.1. The molecule has 1 amide bonds. The summed E-state index contributed by atoms with van der Waals surface area (Å²) in [6.07, 6.45) is 3.34. The second kappa shape index (κ2) is 7.71. The molecule has 1 aromatic carbocycles. The highest BCUT2D eigenvalue weighted by Gasteiger charge is 2.39. The van der Waals surface area contributed by atoms with Gasteiger partial charge in [-0.05, 0) is 31.0 Å². The van der Waals surface area contributed by atoms with Gasteiger partial charge in [-0.2, -0.15) is 4.98 Å². The minimum absolute atomic E-state index is 0.0204. The zero-order valence-corrected chi connectivity index (χ0v) is 17.8. The van der Waals surface area contributed by atoms with Crippen LogP contribution in [0.3, 0.4) is 0 Å². The molecule has 8 nitrogen and oxygen atoms in total. The first-order valence-corrected chi connectivity index (χ1v) is 11.0. The molecule has 2 aromatic heterocycles. The molecule has 1 aliphatic carbocycles. The van der Waals surface area contributed by atoms with E-state index in [1.54, 1.807) is 17.5 Å². The topological polar surface area (TPSA) is 83.5 Å². The second-order valence-electron chi connectivity index (χ2n) is 8.08. The van der Waals surface area contributed by atoms with Gasteiger partial charge < -0.3 is 19.9 Å². The molecular weight excluding hydrogens is 400 g/mol. The van der Waals surface area contributed by atoms with Gasteiger partial charge in [-0.25, -0.2) is 9.97 Å². The highest BCUT2D eigenvalue weighted by molar-refractivity contribution is 7.16. The van der Waals surface area contributed by atoms with Crippen LogP contribution in [0.4, 0.5) is 11.8 Å². The number of rotatable bonds is 6. The van der Waals surface area contributed by atoms with Crippen molar-refractivity contribution in [2.45, 2.75) is 25.0 Å². The monoisotopic (exact) mass is 424 g/mol. The Bertz CT molecular complexity index is 1060. The van der Waals surface area contributed by atoms with E-state index in [1.165, 1.54) is 0 Å². The van der Waals surface area contributed by atoms with Crippen LogP contribution in [0.2, 0.25) is 0 Å². The van der Waals surface area contributed by atoms with Crippen LogP contribution in [0.5, 0.6) is 5.75 Å². The van der Waals surface area contributed by atoms with Gasteiger partial charge in [0, 0.05) is 39.3 Å². The van der Waals surface area contributed by atoms with Crippen LogP contribution in [-0.4, -0.2) is 60.2 Å². The predicted molar refractivity (Wildman–Crippen MR) is 117 cm³/mol. The van der Waals surface area contributed by atoms with Crippen LogP contribution in [0.25, 0.3) is 10.2 Å². The van der Waals surface area contributed by atoms with E-state index < -0.39 is 0 Å². The molecule has 1 N–H and O–H groups in total. The largest absolute Gasteiger partial charge is 0.488 e. The molecule has 3 heterocycles. The van der Waals surface area contributed by atoms with Gasteiger partial charge in [0.05, 0.1) is 16.3 Å². The molecule has 9 heteroatoms. The minimum atomic E-state index is 0.0204. The first-order valence-electron chi connectivity index (χ1n) is 10.1. The summed E-state index contributed by atoms with van der Waals surface area (Å²) in [6.45, 7) is 1.47. The number of nitrogens with zero attached hydrogens (tertiary/aromatic N) is 5. The molecule has 0 unspecified atom stereocenters. The van der Waals surface area contributed by atoms with E-state index >= 15 is 0 Å². The number of thiazole rings is 1. The highest BCUT2D eigenvalue weighted by Crippen LogP contribution is 2.35. The molecule has 2 fully saturated rings. The zero-order valence-electron chi connectivity index (χ0n) is 17.0. The third-order valence-electron chi connectivity index (χ3n) is 5.68. The predicted octanol–water partition coefficient (Wildman–Crippen LogP) is 2.31. The fourth-order valence-electron chi connectivity index (χ4n) is 3.80. The van der Waals surface area contributed by atoms with Gasteiger partial charge in [-0.1, -0.05) is 6.07 Å². The minimum Gasteiger partial charge on any atom is -0.488 e. The number of hydrogen-bond acceptors (Lipinski definition) is 8. The quantitative estimate of drug-likeness (QED) is 0.650. The van der Waals surface area contributed by atoms with Gasteiger partial charge in [-0.3, -0.25) is 4.79 Å².